The Morgan fingerprint density at radius 3 is 2.80 bits per heavy atom. The summed E-state index contributed by atoms with van der Waals surface area (Å²) in [5, 5.41) is 5.85. The van der Waals surface area contributed by atoms with Crippen LogP contribution >= 0.6 is 11.3 Å². The number of carbonyl (C=O) groups is 1. The highest BCUT2D eigenvalue weighted by molar-refractivity contribution is 7.13. The van der Waals surface area contributed by atoms with Gasteiger partial charge in [0.25, 0.3) is 5.91 Å². The molecule has 0 spiro atoms. The molecule has 0 fully saturated rings. The fourth-order valence-corrected chi connectivity index (χ4v) is 3.46. The zero-order valence-electron chi connectivity index (χ0n) is 13.4. The Balaban J connectivity index is 1.42. The normalized spacial score (nSPS) is 12.7. The predicted molar refractivity (Wildman–Crippen MR) is 99.3 cm³/mol. The van der Waals surface area contributed by atoms with Crippen molar-refractivity contribution in [3.63, 3.8) is 0 Å². The van der Waals surface area contributed by atoms with Crippen molar-refractivity contribution in [1.29, 1.82) is 0 Å². The molecule has 0 saturated heterocycles. The molecule has 1 aliphatic rings. The summed E-state index contributed by atoms with van der Waals surface area (Å²) in [6.07, 6.45) is 1.88. The van der Waals surface area contributed by atoms with Crippen LogP contribution in [0.25, 0.3) is 16.6 Å². The summed E-state index contributed by atoms with van der Waals surface area (Å²) in [6.45, 7) is 0.691. The molecule has 1 N–H and O–H groups in total. The lowest BCUT2D eigenvalue weighted by Gasteiger charge is -2.17. The number of carbonyl (C=O) groups excluding carboxylic acids is 1. The lowest BCUT2D eigenvalue weighted by atomic mass is 10.1. The van der Waals surface area contributed by atoms with Gasteiger partial charge in [0.2, 0.25) is 0 Å². The number of ether oxygens (including phenoxy) is 1. The summed E-state index contributed by atoms with van der Waals surface area (Å²) >= 11 is 1.58. The van der Waals surface area contributed by atoms with Crippen LogP contribution in [0.3, 0.4) is 0 Å². The van der Waals surface area contributed by atoms with Crippen LogP contribution in [-0.2, 0) is 11.3 Å². The van der Waals surface area contributed by atoms with E-state index in [-0.39, 0.29) is 12.5 Å². The van der Waals surface area contributed by atoms with E-state index in [1.54, 1.807) is 11.3 Å². The van der Waals surface area contributed by atoms with Crippen LogP contribution in [-0.4, -0.2) is 17.5 Å². The molecule has 0 radical (unpaired) electrons. The Morgan fingerprint density at radius 2 is 1.92 bits per heavy atom. The van der Waals surface area contributed by atoms with E-state index in [4.69, 9.17) is 4.74 Å². The van der Waals surface area contributed by atoms with E-state index < -0.39 is 0 Å². The highest BCUT2D eigenvalue weighted by atomic mass is 32.1. The molecular formula is C20H16N2O2S. The van der Waals surface area contributed by atoms with Crippen molar-refractivity contribution in [3.05, 3.63) is 76.8 Å². The van der Waals surface area contributed by atoms with Gasteiger partial charge in [0.05, 0.1) is 17.8 Å². The van der Waals surface area contributed by atoms with Gasteiger partial charge < -0.3 is 10.1 Å². The van der Waals surface area contributed by atoms with E-state index in [0.29, 0.717) is 12.1 Å². The first kappa shape index (κ1) is 15.6. The molecule has 0 saturated carbocycles. The Kier molecular flexibility index (Phi) is 4.31. The molecule has 5 heteroatoms. The van der Waals surface area contributed by atoms with Crippen molar-refractivity contribution in [2.45, 2.75) is 6.54 Å². The van der Waals surface area contributed by atoms with E-state index in [9.17, 15) is 4.79 Å². The minimum absolute atomic E-state index is 0.122. The molecule has 0 unspecified atom stereocenters. The number of rotatable bonds is 4. The van der Waals surface area contributed by atoms with Gasteiger partial charge in [-0.05, 0) is 12.1 Å². The SMILES string of the molecule is O=C(NCc1csc(-c2ccccc2)n1)C1=Cc2ccccc2OC1. The Labute approximate surface area is 149 Å². The molecule has 0 aliphatic carbocycles. The first-order valence-electron chi connectivity index (χ1n) is 8.00. The van der Waals surface area contributed by atoms with Gasteiger partial charge in [0.15, 0.2) is 0 Å². The van der Waals surface area contributed by atoms with E-state index in [2.05, 4.69) is 10.3 Å². The number of aromatic nitrogens is 1. The molecule has 0 atom stereocenters. The summed E-state index contributed by atoms with van der Waals surface area (Å²) in [5.41, 5.74) is 3.50. The second-order valence-electron chi connectivity index (χ2n) is 5.69. The van der Waals surface area contributed by atoms with Crippen molar-refractivity contribution in [2.75, 3.05) is 6.61 Å². The van der Waals surface area contributed by atoms with Gasteiger partial charge in [0.1, 0.15) is 17.4 Å². The predicted octanol–water partition coefficient (Wildman–Crippen LogP) is 3.90. The van der Waals surface area contributed by atoms with Crippen molar-refractivity contribution < 1.29 is 9.53 Å². The largest absolute Gasteiger partial charge is 0.488 e. The van der Waals surface area contributed by atoms with Crippen LogP contribution in [0.1, 0.15) is 11.3 Å². The molecular weight excluding hydrogens is 332 g/mol. The van der Waals surface area contributed by atoms with Crippen LogP contribution in [0.15, 0.2) is 65.6 Å². The van der Waals surface area contributed by atoms with E-state index in [1.807, 2.05) is 66.1 Å². The molecule has 25 heavy (non-hydrogen) atoms. The molecule has 1 aromatic heterocycles. The highest BCUT2D eigenvalue weighted by Gasteiger charge is 2.17. The van der Waals surface area contributed by atoms with Crippen molar-refractivity contribution in [3.8, 4) is 16.3 Å². The molecule has 0 bridgehead atoms. The topological polar surface area (TPSA) is 51.2 Å². The molecule has 4 nitrogen and oxygen atoms in total. The maximum atomic E-state index is 12.4. The number of amides is 1. The number of nitrogens with one attached hydrogen (secondary N) is 1. The summed E-state index contributed by atoms with van der Waals surface area (Å²) in [7, 11) is 0. The van der Waals surface area contributed by atoms with Crippen molar-refractivity contribution >= 4 is 23.3 Å². The Morgan fingerprint density at radius 1 is 1.12 bits per heavy atom. The molecule has 1 aliphatic heterocycles. The first-order valence-corrected chi connectivity index (χ1v) is 8.88. The number of thiazole rings is 1. The van der Waals surface area contributed by atoms with Crippen LogP contribution in [0.2, 0.25) is 0 Å². The zero-order valence-corrected chi connectivity index (χ0v) is 14.3. The maximum absolute atomic E-state index is 12.4. The quantitative estimate of drug-likeness (QED) is 0.778. The number of benzene rings is 2. The lowest BCUT2D eigenvalue weighted by molar-refractivity contribution is -0.117. The summed E-state index contributed by atoms with van der Waals surface area (Å²) in [5.74, 6) is 0.690. The number of fused-ring (bicyclic) bond motifs is 1. The van der Waals surface area contributed by atoms with E-state index >= 15 is 0 Å². The van der Waals surface area contributed by atoms with Gasteiger partial charge >= 0.3 is 0 Å². The fraction of sp³-hybridized carbons (Fsp3) is 0.100. The van der Waals surface area contributed by atoms with Gasteiger partial charge in [-0.1, -0.05) is 48.5 Å². The first-order chi connectivity index (χ1) is 12.3. The van der Waals surface area contributed by atoms with Crippen LogP contribution in [0, 0.1) is 0 Å². The number of para-hydroxylation sites is 1. The van der Waals surface area contributed by atoms with Gasteiger partial charge in [-0.2, -0.15) is 0 Å². The molecule has 2 aromatic carbocycles. The summed E-state index contributed by atoms with van der Waals surface area (Å²) in [4.78, 5) is 17.0. The van der Waals surface area contributed by atoms with Crippen LogP contribution in [0.4, 0.5) is 0 Å². The average molecular weight is 348 g/mol. The van der Waals surface area contributed by atoms with Gasteiger partial charge in [0, 0.05) is 16.5 Å². The third-order valence-electron chi connectivity index (χ3n) is 3.93. The number of nitrogens with zero attached hydrogens (tertiary/aromatic N) is 1. The molecule has 2 heterocycles. The maximum Gasteiger partial charge on any atom is 0.251 e. The zero-order chi connectivity index (χ0) is 17.1. The molecule has 1 amide bonds. The standard InChI is InChI=1S/C20H16N2O2S/c23-19(16-10-15-8-4-5-9-18(15)24-12-16)21-11-17-13-25-20(22-17)14-6-2-1-3-7-14/h1-10,13H,11-12H2,(H,21,23). The van der Waals surface area contributed by atoms with Gasteiger partial charge in [-0.15, -0.1) is 11.3 Å². The minimum atomic E-state index is -0.122. The fourth-order valence-electron chi connectivity index (χ4n) is 2.63. The third kappa shape index (κ3) is 3.46. The van der Waals surface area contributed by atoms with Crippen molar-refractivity contribution in [1.82, 2.24) is 10.3 Å². The summed E-state index contributed by atoms with van der Waals surface area (Å²) in [6, 6.07) is 17.7. The van der Waals surface area contributed by atoms with Crippen LogP contribution in [0.5, 0.6) is 5.75 Å². The Hall–Kier alpha value is -2.92. The van der Waals surface area contributed by atoms with Crippen LogP contribution < -0.4 is 10.1 Å². The molecule has 124 valence electrons. The second kappa shape index (κ2) is 6.91. The highest BCUT2D eigenvalue weighted by Crippen LogP contribution is 2.26. The minimum Gasteiger partial charge on any atom is -0.488 e. The Bertz CT molecular complexity index is 932. The lowest BCUT2D eigenvalue weighted by Crippen LogP contribution is -2.28. The van der Waals surface area contributed by atoms with E-state index in [1.165, 1.54) is 0 Å². The molecule has 3 aromatic rings. The van der Waals surface area contributed by atoms with E-state index in [0.717, 1.165) is 27.6 Å². The summed E-state index contributed by atoms with van der Waals surface area (Å²) < 4.78 is 5.63. The molecule has 4 rings (SSSR count). The number of hydrogen-bond donors (Lipinski definition) is 1. The van der Waals surface area contributed by atoms with Crippen molar-refractivity contribution in [2.24, 2.45) is 0 Å². The smallest absolute Gasteiger partial charge is 0.251 e. The average Bonchev–Trinajstić information content (AvgIpc) is 3.15. The van der Waals surface area contributed by atoms with Gasteiger partial charge in [-0.3, -0.25) is 4.79 Å². The second-order valence-corrected chi connectivity index (χ2v) is 6.55. The monoisotopic (exact) mass is 348 g/mol. The third-order valence-corrected chi connectivity index (χ3v) is 4.87. The number of hydrogen-bond acceptors (Lipinski definition) is 4. The van der Waals surface area contributed by atoms with Gasteiger partial charge in [-0.25, -0.2) is 4.98 Å².